The standard InChI is InChI=1S/C31H31N3O6S/c35-26-15-11-24(12-16-26)20-32-29(19-23-7-3-1-4-8-23)30(37)22-34(41(39,40)28-9-5-2-6-10-28)33(31(32)38)21-25-13-17-27(36)18-14-25/h1-18,29-30,35-37H,19-22H2/t29-,30-/m1/s1. The second kappa shape index (κ2) is 12.0. The van der Waals surface area contributed by atoms with Gasteiger partial charge in [-0.05, 0) is 59.5 Å². The summed E-state index contributed by atoms with van der Waals surface area (Å²) in [5.41, 5.74) is 2.17. The normalized spacial score (nSPS) is 18.3. The number of phenolic OH excluding ortho intramolecular Hbond substituents is 2. The molecule has 0 bridgehead atoms. The highest BCUT2D eigenvalue weighted by Gasteiger charge is 2.44. The summed E-state index contributed by atoms with van der Waals surface area (Å²) in [5.74, 6) is 0.114. The Bertz CT molecular complexity index is 1570. The summed E-state index contributed by atoms with van der Waals surface area (Å²) in [6.07, 6.45) is -0.947. The third kappa shape index (κ3) is 6.35. The Labute approximate surface area is 239 Å². The summed E-state index contributed by atoms with van der Waals surface area (Å²) < 4.78 is 28.9. The second-order valence-electron chi connectivity index (χ2n) is 9.95. The SMILES string of the molecule is O=C1N(Cc2ccc(O)cc2)[C@H](Cc2ccccc2)[C@H](O)CN(S(=O)(=O)c2ccccc2)N1Cc1ccc(O)cc1. The number of hydrogen-bond acceptors (Lipinski definition) is 6. The zero-order valence-electron chi connectivity index (χ0n) is 22.2. The van der Waals surface area contributed by atoms with Crippen molar-refractivity contribution in [2.75, 3.05) is 6.54 Å². The highest BCUT2D eigenvalue weighted by atomic mass is 32.2. The zero-order valence-corrected chi connectivity index (χ0v) is 23.0. The second-order valence-corrected chi connectivity index (χ2v) is 11.8. The first-order valence-electron chi connectivity index (χ1n) is 13.2. The lowest BCUT2D eigenvalue weighted by Gasteiger charge is -2.35. The molecule has 1 heterocycles. The van der Waals surface area contributed by atoms with Gasteiger partial charge in [0.25, 0.3) is 10.0 Å². The number of nitrogens with zero attached hydrogens (tertiary/aromatic N) is 3. The third-order valence-corrected chi connectivity index (χ3v) is 8.86. The summed E-state index contributed by atoms with van der Waals surface area (Å²) in [5, 5.41) is 32.3. The van der Waals surface area contributed by atoms with E-state index in [9.17, 15) is 28.5 Å². The van der Waals surface area contributed by atoms with Crippen molar-refractivity contribution in [2.45, 2.75) is 36.6 Å². The summed E-state index contributed by atoms with van der Waals surface area (Å²) >= 11 is 0. The van der Waals surface area contributed by atoms with Crippen molar-refractivity contribution in [3.05, 3.63) is 126 Å². The molecule has 3 N–H and O–H groups in total. The van der Waals surface area contributed by atoms with Gasteiger partial charge < -0.3 is 20.2 Å². The molecule has 4 aromatic rings. The Morgan fingerprint density at radius 2 is 1.20 bits per heavy atom. The lowest BCUT2D eigenvalue weighted by Crippen LogP contribution is -2.52. The fourth-order valence-corrected chi connectivity index (χ4v) is 6.40. The summed E-state index contributed by atoms with van der Waals surface area (Å²) in [7, 11) is -4.26. The number of amides is 2. The molecule has 0 unspecified atom stereocenters. The fourth-order valence-electron chi connectivity index (χ4n) is 4.92. The van der Waals surface area contributed by atoms with Gasteiger partial charge in [0.05, 0.1) is 30.1 Å². The van der Waals surface area contributed by atoms with E-state index in [1.165, 1.54) is 41.3 Å². The molecule has 0 radical (unpaired) electrons. The van der Waals surface area contributed by atoms with Gasteiger partial charge in [-0.1, -0.05) is 72.8 Å². The van der Waals surface area contributed by atoms with Gasteiger partial charge in [-0.2, -0.15) is 0 Å². The number of aromatic hydroxyl groups is 2. The molecule has 0 saturated carbocycles. The van der Waals surface area contributed by atoms with Crippen LogP contribution in [-0.4, -0.2) is 62.8 Å². The van der Waals surface area contributed by atoms with Crippen LogP contribution >= 0.6 is 0 Å². The minimum atomic E-state index is -4.26. The van der Waals surface area contributed by atoms with E-state index < -0.39 is 28.2 Å². The number of benzene rings is 4. The molecule has 1 aliphatic heterocycles. The van der Waals surface area contributed by atoms with Crippen LogP contribution in [-0.2, 0) is 29.5 Å². The van der Waals surface area contributed by atoms with Crippen LogP contribution in [0.5, 0.6) is 11.5 Å². The van der Waals surface area contributed by atoms with Crippen molar-refractivity contribution in [1.29, 1.82) is 0 Å². The minimum absolute atomic E-state index is 0.0118. The number of phenols is 2. The Balaban J connectivity index is 1.61. The topological polar surface area (TPSA) is 122 Å². The third-order valence-electron chi connectivity index (χ3n) is 7.09. The number of urea groups is 1. The van der Waals surface area contributed by atoms with E-state index in [1.54, 1.807) is 42.5 Å². The van der Waals surface area contributed by atoms with Gasteiger partial charge in [0, 0.05) is 6.54 Å². The molecule has 9 nitrogen and oxygen atoms in total. The predicted molar refractivity (Wildman–Crippen MR) is 153 cm³/mol. The van der Waals surface area contributed by atoms with Crippen LogP contribution in [0, 0.1) is 0 Å². The average molecular weight is 574 g/mol. The number of carbonyl (C=O) groups is 1. The number of aliphatic hydroxyl groups excluding tert-OH is 1. The molecule has 2 amide bonds. The molecule has 0 spiro atoms. The van der Waals surface area contributed by atoms with Crippen molar-refractivity contribution in [3.8, 4) is 11.5 Å². The molecule has 4 aromatic carbocycles. The molecule has 41 heavy (non-hydrogen) atoms. The van der Waals surface area contributed by atoms with Crippen LogP contribution in [0.25, 0.3) is 0 Å². The van der Waals surface area contributed by atoms with Gasteiger partial charge in [0.2, 0.25) is 0 Å². The van der Waals surface area contributed by atoms with Crippen molar-refractivity contribution >= 4 is 16.1 Å². The van der Waals surface area contributed by atoms with Crippen molar-refractivity contribution < 1.29 is 28.5 Å². The van der Waals surface area contributed by atoms with E-state index in [2.05, 4.69) is 0 Å². The number of sulfonamides is 1. The summed E-state index contributed by atoms with van der Waals surface area (Å²) in [6.45, 7) is -0.411. The molecule has 5 rings (SSSR count). The number of carbonyl (C=O) groups excluding carboxylic acids is 1. The Kier molecular flexibility index (Phi) is 8.25. The monoisotopic (exact) mass is 573 g/mol. The van der Waals surface area contributed by atoms with Gasteiger partial charge in [0.1, 0.15) is 11.5 Å². The molecule has 212 valence electrons. The maximum atomic E-state index is 14.5. The lowest BCUT2D eigenvalue weighted by atomic mass is 9.99. The first-order chi connectivity index (χ1) is 19.7. The van der Waals surface area contributed by atoms with E-state index in [-0.39, 0.29) is 42.4 Å². The smallest absolute Gasteiger partial charge is 0.336 e. The van der Waals surface area contributed by atoms with Crippen molar-refractivity contribution in [3.63, 3.8) is 0 Å². The summed E-state index contributed by atoms with van der Waals surface area (Å²) in [6, 6.07) is 28.4. The quantitative estimate of drug-likeness (QED) is 0.292. The van der Waals surface area contributed by atoms with Crippen molar-refractivity contribution in [1.82, 2.24) is 14.3 Å². The number of β-amino-alcohol motifs (C(OH)–C–C–N with tert-alkyl or cyclic N) is 1. The molecule has 1 fully saturated rings. The van der Waals surface area contributed by atoms with Gasteiger partial charge in [-0.15, -0.1) is 4.41 Å². The molecular formula is C31H31N3O6S. The largest absolute Gasteiger partial charge is 0.508 e. The summed E-state index contributed by atoms with van der Waals surface area (Å²) in [4.78, 5) is 15.9. The predicted octanol–water partition coefficient (Wildman–Crippen LogP) is 4.11. The van der Waals surface area contributed by atoms with Crippen LogP contribution in [0.4, 0.5) is 4.79 Å². The Morgan fingerprint density at radius 1 is 0.683 bits per heavy atom. The molecule has 1 aliphatic rings. The maximum absolute atomic E-state index is 14.5. The number of aliphatic hydroxyl groups is 1. The highest BCUT2D eigenvalue weighted by molar-refractivity contribution is 7.89. The van der Waals surface area contributed by atoms with E-state index in [4.69, 9.17) is 0 Å². The minimum Gasteiger partial charge on any atom is -0.508 e. The van der Waals surface area contributed by atoms with E-state index in [1.807, 2.05) is 30.3 Å². The number of hydrogen-bond donors (Lipinski definition) is 3. The molecule has 0 aromatic heterocycles. The van der Waals surface area contributed by atoms with E-state index in [0.717, 1.165) is 15.0 Å². The zero-order chi connectivity index (χ0) is 29.0. The Hall–Kier alpha value is -4.38. The van der Waals surface area contributed by atoms with Gasteiger partial charge in [-0.25, -0.2) is 18.2 Å². The number of hydrazine groups is 1. The average Bonchev–Trinajstić information content (AvgIpc) is 3.07. The van der Waals surface area contributed by atoms with Crippen LogP contribution < -0.4 is 0 Å². The van der Waals surface area contributed by atoms with Crippen LogP contribution in [0.1, 0.15) is 16.7 Å². The molecule has 0 aliphatic carbocycles. The van der Waals surface area contributed by atoms with Crippen LogP contribution in [0.15, 0.2) is 114 Å². The van der Waals surface area contributed by atoms with E-state index in [0.29, 0.717) is 11.1 Å². The van der Waals surface area contributed by atoms with Gasteiger partial charge in [0.15, 0.2) is 0 Å². The van der Waals surface area contributed by atoms with E-state index >= 15 is 0 Å². The van der Waals surface area contributed by atoms with Crippen LogP contribution in [0.2, 0.25) is 0 Å². The maximum Gasteiger partial charge on any atom is 0.336 e. The lowest BCUT2D eigenvalue weighted by molar-refractivity contribution is 0.0549. The highest BCUT2D eigenvalue weighted by Crippen LogP contribution is 2.29. The molecule has 2 atom stereocenters. The first kappa shape index (κ1) is 28.2. The molecular weight excluding hydrogens is 542 g/mol. The van der Waals surface area contributed by atoms with Gasteiger partial charge in [-0.3, -0.25) is 0 Å². The van der Waals surface area contributed by atoms with Crippen LogP contribution in [0.3, 0.4) is 0 Å². The molecule has 1 saturated heterocycles. The Morgan fingerprint density at radius 3 is 1.76 bits per heavy atom. The molecule has 10 heteroatoms. The van der Waals surface area contributed by atoms with Gasteiger partial charge >= 0.3 is 6.03 Å². The fraction of sp³-hybridized carbons (Fsp3) is 0.194. The van der Waals surface area contributed by atoms with Crippen molar-refractivity contribution in [2.24, 2.45) is 0 Å². The first-order valence-corrected chi connectivity index (χ1v) is 14.6. The number of rotatable bonds is 8.